The maximum Gasteiger partial charge on any atom is 0.162 e. The molecule has 6 nitrogen and oxygen atoms in total. The third kappa shape index (κ3) is 3.42. The van der Waals surface area contributed by atoms with E-state index in [1.807, 2.05) is 6.92 Å². The number of aliphatic hydroxyl groups is 1. The lowest BCUT2D eigenvalue weighted by Crippen LogP contribution is -2.04. The number of aromatic nitrogens is 2. The van der Waals surface area contributed by atoms with Gasteiger partial charge in [-0.05, 0) is 25.1 Å². The van der Waals surface area contributed by atoms with Crippen molar-refractivity contribution in [2.45, 2.75) is 6.92 Å². The van der Waals surface area contributed by atoms with Crippen molar-refractivity contribution < 1.29 is 14.6 Å². The van der Waals surface area contributed by atoms with Crippen LogP contribution in [0, 0.1) is 0 Å². The van der Waals surface area contributed by atoms with Gasteiger partial charge in [0.1, 0.15) is 17.9 Å². The van der Waals surface area contributed by atoms with Gasteiger partial charge in [0, 0.05) is 11.5 Å². The van der Waals surface area contributed by atoms with Crippen LogP contribution in [0.5, 0.6) is 11.5 Å². The molecule has 23 heavy (non-hydrogen) atoms. The summed E-state index contributed by atoms with van der Waals surface area (Å²) in [5.74, 6) is 1.75. The molecule has 1 aromatic heterocycles. The number of methoxy groups -OCH3 is 2. The summed E-state index contributed by atoms with van der Waals surface area (Å²) in [5.41, 5.74) is 1.13. The lowest BCUT2D eigenvalue weighted by atomic mass is 10.2. The number of ether oxygens (including phenoxy) is 2. The third-order valence-electron chi connectivity index (χ3n) is 3.20. The van der Waals surface area contributed by atoms with Gasteiger partial charge in [-0.15, -0.1) is 0 Å². The van der Waals surface area contributed by atoms with Crippen molar-refractivity contribution in [2.24, 2.45) is 0 Å². The summed E-state index contributed by atoms with van der Waals surface area (Å²) < 4.78 is 10.6. The van der Waals surface area contributed by atoms with E-state index in [-0.39, 0.29) is 5.76 Å². The molecule has 0 aliphatic heterocycles. The highest BCUT2D eigenvalue weighted by atomic mass is 16.5. The van der Waals surface area contributed by atoms with Crippen LogP contribution in [-0.4, -0.2) is 29.3 Å². The van der Waals surface area contributed by atoms with Crippen LogP contribution in [0.25, 0.3) is 10.9 Å². The Balaban J connectivity index is 2.57. The van der Waals surface area contributed by atoms with Crippen LogP contribution in [0.1, 0.15) is 6.92 Å². The minimum Gasteiger partial charge on any atom is -0.506 e. The van der Waals surface area contributed by atoms with E-state index in [0.717, 1.165) is 5.39 Å². The van der Waals surface area contributed by atoms with E-state index in [1.54, 1.807) is 38.5 Å². The Kier molecular flexibility index (Phi) is 5.19. The van der Waals surface area contributed by atoms with Crippen molar-refractivity contribution in [3.63, 3.8) is 0 Å². The number of anilines is 1. The second-order valence-electron chi connectivity index (χ2n) is 4.57. The van der Waals surface area contributed by atoms with Crippen molar-refractivity contribution in [1.82, 2.24) is 9.97 Å². The molecule has 1 heterocycles. The Morgan fingerprint density at radius 3 is 2.52 bits per heavy atom. The molecular formula is C17H19N3O3. The first kappa shape index (κ1) is 16.4. The number of benzene rings is 1. The van der Waals surface area contributed by atoms with E-state index in [9.17, 15) is 5.11 Å². The van der Waals surface area contributed by atoms with Crippen LogP contribution in [-0.2, 0) is 0 Å². The molecule has 0 bridgehead atoms. The molecule has 0 amide bonds. The van der Waals surface area contributed by atoms with E-state index in [2.05, 4.69) is 21.9 Å². The van der Waals surface area contributed by atoms with Crippen LogP contribution in [0.3, 0.4) is 0 Å². The van der Waals surface area contributed by atoms with E-state index < -0.39 is 0 Å². The average Bonchev–Trinajstić information content (AvgIpc) is 2.58. The van der Waals surface area contributed by atoms with Gasteiger partial charge in [0.15, 0.2) is 11.5 Å². The van der Waals surface area contributed by atoms with Gasteiger partial charge in [-0.25, -0.2) is 9.97 Å². The first-order chi connectivity index (χ1) is 11.1. The highest BCUT2D eigenvalue weighted by Gasteiger charge is 2.12. The molecular weight excluding hydrogens is 294 g/mol. The fourth-order valence-electron chi connectivity index (χ4n) is 2.08. The normalized spacial score (nSPS) is 12.1. The highest BCUT2D eigenvalue weighted by Crippen LogP contribution is 2.33. The van der Waals surface area contributed by atoms with Crippen LogP contribution in [0.4, 0.5) is 5.82 Å². The zero-order valence-corrected chi connectivity index (χ0v) is 13.3. The number of hydrogen-bond donors (Lipinski definition) is 2. The summed E-state index contributed by atoms with van der Waals surface area (Å²) in [4.78, 5) is 8.47. The molecule has 0 unspecified atom stereocenters. The Morgan fingerprint density at radius 2 is 1.91 bits per heavy atom. The molecule has 0 aliphatic rings. The van der Waals surface area contributed by atoms with Crippen molar-refractivity contribution in [2.75, 3.05) is 19.5 Å². The van der Waals surface area contributed by atoms with Crippen molar-refractivity contribution in [3.05, 3.63) is 54.7 Å². The van der Waals surface area contributed by atoms with Crippen LogP contribution < -0.4 is 14.8 Å². The van der Waals surface area contributed by atoms with Crippen LogP contribution in [0.2, 0.25) is 0 Å². The summed E-state index contributed by atoms with van der Waals surface area (Å²) in [5, 5.41) is 13.8. The van der Waals surface area contributed by atoms with Gasteiger partial charge in [-0.1, -0.05) is 12.7 Å². The summed E-state index contributed by atoms with van der Waals surface area (Å²) in [6, 6.07) is 3.55. The average molecular weight is 313 g/mol. The summed E-state index contributed by atoms with van der Waals surface area (Å²) in [6.45, 7) is 5.51. The topological polar surface area (TPSA) is 76.5 Å². The maximum absolute atomic E-state index is 10.00. The Labute approximate surface area is 134 Å². The number of hydrogen-bond acceptors (Lipinski definition) is 6. The predicted molar refractivity (Wildman–Crippen MR) is 90.9 cm³/mol. The minimum atomic E-state index is 0.0646. The molecule has 2 rings (SSSR count). The molecule has 1 aromatic carbocycles. The molecule has 6 heteroatoms. The number of nitrogens with one attached hydrogen (secondary N) is 1. The molecule has 0 fully saturated rings. The molecule has 2 aromatic rings. The first-order valence-corrected chi connectivity index (χ1v) is 6.96. The van der Waals surface area contributed by atoms with Crippen LogP contribution >= 0.6 is 0 Å². The SMILES string of the molecule is C=C/C(Nc1ncnc2cc(OC)c(OC)cc12)=C(O)\C=C/C. The molecule has 120 valence electrons. The zero-order valence-electron chi connectivity index (χ0n) is 13.3. The van der Waals surface area contributed by atoms with E-state index in [4.69, 9.17) is 9.47 Å². The van der Waals surface area contributed by atoms with Gasteiger partial charge < -0.3 is 19.9 Å². The van der Waals surface area contributed by atoms with Crippen molar-refractivity contribution >= 4 is 16.7 Å². The highest BCUT2D eigenvalue weighted by molar-refractivity contribution is 5.92. The fourth-order valence-corrected chi connectivity index (χ4v) is 2.08. The number of rotatable bonds is 6. The summed E-state index contributed by atoms with van der Waals surface area (Å²) >= 11 is 0. The van der Waals surface area contributed by atoms with E-state index >= 15 is 0 Å². The number of aliphatic hydroxyl groups excluding tert-OH is 1. The monoisotopic (exact) mass is 313 g/mol. The van der Waals surface area contributed by atoms with Gasteiger partial charge in [0.2, 0.25) is 0 Å². The van der Waals surface area contributed by atoms with Gasteiger partial charge in [-0.3, -0.25) is 0 Å². The standard InChI is InChI=1S/C17H19N3O3/c1-5-7-14(21)12(6-2)20-17-11-8-15(22-3)16(23-4)9-13(11)18-10-19-17/h5-10,21H,2H2,1,3-4H3,(H,18,19,20)/b7-5-,14-12-. The fraction of sp³-hybridized carbons (Fsp3) is 0.176. The largest absolute Gasteiger partial charge is 0.506 e. The molecule has 0 aliphatic carbocycles. The first-order valence-electron chi connectivity index (χ1n) is 6.96. The maximum atomic E-state index is 10.00. The summed E-state index contributed by atoms with van der Waals surface area (Å²) in [6.07, 6.45) is 6.25. The predicted octanol–water partition coefficient (Wildman–Crippen LogP) is 3.59. The van der Waals surface area contributed by atoms with E-state index in [0.29, 0.717) is 28.5 Å². The smallest absolute Gasteiger partial charge is 0.162 e. The molecule has 0 spiro atoms. The number of nitrogens with zero attached hydrogens (tertiary/aromatic N) is 2. The van der Waals surface area contributed by atoms with Gasteiger partial charge in [-0.2, -0.15) is 0 Å². The van der Waals surface area contributed by atoms with Crippen molar-refractivity contribution in [1.29, 1.82) is 0 Å². The van der Waals surface area contributed by atoms with Crippen LogP contribution in [0.15, 0.2) is 54.7 Å². The molecule has 0 saturated carbocycles. The zero-order chi connectivity index (χ0) is 16.8. The quantitative estimate of drug-likeness (QED) is 0.627. The lowest BCUT2D eigenvalue weighted by molar-refractivity contribution is 0.356. The summed E-state index contributed by atoms with van der Waals surface area (Å²) in [7, 11) is 3.13. The Hall–Kier alpha value is -3.02. The minimum absolute atomic E-state index is 0.0646. The number of fused-ring (bicyclic) bond motifs is 1. The van der Waals surface area contributed by atoms with E-state index in [1.165, 1.54) is 12.4 Å². The van der Waals surface area contributed by atoms with Crippen molar-refractivity contribution in [3.8, 4) is 11.5 Å². The second kappa shape index (κ2) is 7.31. The molecule has 2 N–H and O–H groups in total. The Bertz CT molecular complexity index is 782. The second-order valence-corrected chi connectivity index (χ2v) is 4.57. The molecule has 0 atom stereocenters. The van der Waals surface area contributed by atoms with Gasteiger partial charge in [0.25, 0.3) is 0 Å². The van der Waals surface area contributed by atoms with Gasteiger partial charge >= 0.3 is 0 Å². The number of allylic oxidation sites excluding steroid dienone is 3. The third-order valence-corrected chi connectivity index (χ3v) is 3.20. The Morgan fingerprint density at radius 1 is 1.22 bits per heavy atom. The molecule has 0 radical (unpaired) electrons. The molecule has 0 saturated heterocycles. The lowest BCUT2D eigenvalue weighted by Gasteiger charge is -2.12. The van der Waals surface area contributed by atoms with Gasteiger partial charge in [0.05, 0.1) is 25.4 Å².